The molecule has 1 N–H and O–H groups in total. The van der Waals surface area contributed by atoms with E-state index in [1.54, 1.807) is 0 Å². The Morgan fingerprint density at radius 3 is 2.64 bits per heavy atom. The summed E-state index contributed by atoms with van der Waals surface area (Å²) >= 11 is 0. The third-order valence-corrected chi connectivity index (χ3v) is 4.63. The van der Waals surface area contributed by atoms with Crippen molar-refractivity contribution in [1.29, 1.82) is 0 Å². The number of aliphatic carboxylic acids is 1. The number of carbonyl (C=O) groups is 1. The number of fused-ring (bicyclic) bond motifs is 1. The molecule has 1 atom stereocenters. The molecule has 0 saturated carbocycles. The number of hydrogen-bond acceptors (Lipinski definition) is 3. The van der Waals surface area contributed by atoms with Crippen LogP contribution in [0.3, 0.4) is 0 Å². The molecule has 1 aromatic carbocycles. The topological polar surface area (TPSA) is 81.3 Å². The van der Waals surface area contributed by atoms with Gasteiger partial charge in [-0.15, -0.1) is 0 Å². The second-order valence-corrected chi connectivity index (χ2v) is 6.18. The molecule has 132 valence electrons. The first-order valence-corrected chi connectivity index (χ1v) is 7.78. The number of aromatic nitrogens is 2. The lowest BCUT2D eigenvalue weighted by atomic mass is 9.87. The Morgan fingerprint density at radius 1 is 1.28 bits per heavy atom. The molecule has 0 aliphatic heterocycles. The molecule has 0 amide bonds. The molecule has 1 heterocycles. The van der Waals surface area contributed by atoms with Crippen molar-refractivity contribution < 1.29 is 18.7 Å². The van der Waals surface area contributed by atoms with Crippen LogP contribution < -0.4 is 11.2 Å². The van der Waals surface area contributed by atoms with Gasteiger partial charge in [-0.2, -0.15) is 0 Å². The van der Waals surface area contributed by atoms with Gasteiger partial charge in [-0.05, 0) is 37.0 Å². The molecule has 1 aromatic heterocycles. The van der Waals surface area contributed by atoms with Gasteiger partial charge in [-0.3, -0.25) is 14.2 Å². The van der Waals surface area contributed by atoms with E-state index in [0.29, 0.717) is 24.1 Å². The molecular weight excluding hydrogens is 334 g/mol. The summed E-state index contributed by atoms with van der Waals surface area (Å²) in [5.74, 6) is -3.73. The Balaban J connectivity index is 2.09. The van der Waals surface area contributed by atoms with Gasteiger partial charge in [-0.1, -0.05) is 6.07 Å². The highest BCUT2D eigenvalue weighted by atomic mass is 19.2. The number of rotatable bonds is 3. The van der Waals surface area contributed by atoms with E-state index in [1.165, 1.54) is 17.7 Å². The van der Waals surface area contributed by atoms with Gasteiger partial charge in [0.1, 0.15) is 0 Å². The van der Waals surface area contributed by atoms with E-state index in [1.807, 2.05) is 0 Å². The molecule has 2 aromatic rings. The van der Waals surface area contributed by atoms with Crippen LogP contribution in [0.15, 0.2) is 27.8 Å². The second-order valence-electron chi connectivity index (χ2n) is 6.18. The molecule has 0 saturated heterocycles. The number of halogens is 2. The maximum absolute atomic E-state index is 13.4. The second kappa shape index (κ2) is 6.27. The van der Waals surface area contributed by atoms with Crippen LogP contribution >= 0.6 is 0 Å². The molecule has 1 aliphatic rings. The highest BCUT2D eigenvalue weighted by Crippen LogP contribution is 2.22. The zero-order valence-electron chi connectivity index (χ0n) is 13.5. The monoisotopic (exact) mass is 350 g/mol. The van der Waals surface area contributed by atoms with Gasteiger partial charge in [0, 0.05) is 18.3 Å². The number of nitrogens with zero attached hydrogens (tertiary/aromatic N) is 2. The van der Waals surface area contributed by atoms with Crippen molar-refractivity contribution in [2.24, 2.45) is 13.0 Å². The van der Waals surface area contributed by atoms with Crippen molar-refractivity contribution in [3.8, 4) is 0 Å². The molecule has 0 bridgehead atoms. The summed E-state index contributed by atoms with van der Waals surface area (Å²) in [6.45, 7) is -0.215. The third-order valence-electron chi connectivity index (χ3n) is 4.63. The molecule has 1 unspecified atom stereocenters. The van der Waals surface area contributed by atoms with Crippen molar-refractivity contribution >= 4 is 5.97 Å². The molecule has 25 heavy (non-hydrogen) atoms. The van der Waals surface area contributed by atoms with Crippen molar-refractivity contribution in [1.82, 2.24) is 9.13 Å². The van der Waals surface area contributed by atoms with Crippen LogP contribution in [-0.4, -0.2) is 20.2 Å². The average molecular weight is 350 g/mol. The van der Waals surface area contributed by atoms with E-state index in [2.05, 4.69) is 0 Å². The van der Waals surface area contributed by atoms with Gasteiger partial charge >= 0.3 is 11.7 Å². The Labute approximate surface area is 141 Å². The highest BCUT2D eigenvalue weighted by molar-refractivity contribution is 5.70. The van der Waals surface area contributed by atoms with Gasteiger partial charge in [0.15, 0.2) is 11.6 Å². The van der Waals surface area contributed by atoms with E-state index in [0.717, 1.165) is 16.7 Å². The predicted molar refractivity (Wildman–Crippen MR) is 84.6 cm³/mol. The summed E-state index contributed by atoms with van der Waals surface area (Å²) in [7, 11) is 1.52. The van der Waals surface area contributed by atoms with Crippen LogP contribution in [0.1, 0.15) is 23.2 Å². The third kappa shape index (κ3) is 2.99. The molecule has 8 heteroatoms. The minimum absolute atomic E-state index is 0.0510. The fourth-order valence-electron chi connectivity index (χ4n) is 3.23. The lowest BCUT2D eigenvalue weighted by Crippen LogP contribution is -2.45. The minimum atomic E-state index is -1.06. The van der Waals surface area contributed by atoms with Crippen molar-refractivity contribution in [3.63, 3.8) is 0 Å². The van der Waals surface area contributed by atoms with E-state index in [-0.39, 0.29) is 18.5 Å². The normalized spacial score (nSPS) is 16.5. The number of hydrogen-bond donors (Lipinski definition) is 1. The highest BCUT2D eigenvalue weighted by Gasteiger charge is 2.29. The molecule has 1 aliphatic carbocycles. The summed E-state index contributed by atoms with van der Waals surface area (Å²) in [6, 6.07) is 3.16. The number of carboxylic acid groups (broad SMARTS) is 1. The van der Waals surface area contributed by atoms with Crippen molar-refractivity contribution in [2.45, 2.75) is 25.8 Å². The fourth-order valence-corrected chi connectivity index (χ4v) is 3.23. The molecule has 3 rings (SSSR count). The first-order chi connectivity index (χ1) is 11.8. The summed E-state index contributed by atoms with van der Waals surface area (Å²) in [5.41, 5.74) is -0.0444. The van der Waals surface area contributed by atoms with Gasteiger partial charge in [0.2, 0.25) is 0 Å². The van der Waals surface area contributed by atoms with Gasteiger partial charge in [-0.25, -0.2) is 13.6 Å². The largest absolute Gasteiger partial charge is 0.481 e. The minimum Gasteiger partial charge on any atom is -0.481 e. The predicted octanol–water partition coefficient (Wildman–Crippen LogP) is 1.06. The average Bonchev–Trinajstić information content (AvgIpc) is 2.59. The van der Waals surface area contributed by atoms with Gasteiger partial charge < -0.3 is 9.67 Å². The van der Waals surface area contributed by atoms with E-state index in [4.69, 9.17) is 0 Å². The number of benzene rings is 1. The van der Waals surface area contributed by atoms with Crippen LogP contribution in [0.4, 0.5) is 8.78 Å². The quantitative estimate of drug-likeness (QED) is 0.898. The smallest absolute Gasteiger partial charge is 0.331 e. The van der Waals surface area contributed by atoms with Crippen LogP contribution in [0.5, 0.6) is 0 Å². The van der Waals surface area contributed by atoms with Gasteiger partial charge in [0.05, 0.1) is 12.5 Å². The van der Waals surface area contributed by atoms with Crippen LogP contribution in [0.2, 0.25) is 0 Å². The van der Waals surface area contributed by atoms with E-state index >= 15 is 0 Å². The first-order valence-electron chi connectivity index (χ1n) is 7.78. The Morgan fingerprint density at radius 2 is 2.00 bits per heavy atom. The number of carboxylic acids is 1. The van der Waals surface area contributed by atoms with Crippen LogP contribution in [-0.2, 0) is 31.2 Å². The summed E-state index contributed by atoms with van der Waals surface area (Å²) in [6.07, 6.45) is 0.747. The molecule has 0 spiro atoms. The van der Waals surface area contributed by atoms with Crippen LogP contribution in [0.25, 0.3) is 0 Å². The summed E-state index contributed by atoms with van der Waals surface area (Å²) < 4.78 is 28.7. The fraction of sp³-hybridized carbons (Fsp3) is 0.353. The Hall–Kier alpha value is -2.77. The molecular formula is C17H16F2N2O4. The Bertz CT molecular complexity index is 978. The maximum Gasteiger partial charge on any atom is 0.331 e. The standard InChI is InChI=1S/C17H16F2N2O4/c1-20-14-5-3-10(16(23)24)7-11(14)15(22)21(17(20)25)8-9-2-4-12(18)13(19)6-9/h2,4,6,10H,3,5,7-8H2,1H3,(H,23,24). The maximum atomic E-state index is 13.4. The zero-order chi connectivity index (χ0) is 18.3. The zero-order valence-corrected chi connectivity index (χ0v) is 13.5. The summed E-state index contributed by atoms with van der Waals surface area (Å²) in [5, 5.41) is 9.19. The molecule has 6 nitrogen and oxygen atoms in total. The molecule has 0 fully saturated rings. The lowest BCUT2D eigenvalue weighted by Gasteiger charge is -2.24. The van der Waals surface area contributed by atoms with Gasteiger partial charge in [0.25, 0.3) is 5.56 Å². The van der Waals surface area contributed by atoms with E-state index < -0.39 is 34.8 Å². The SMILES string of the molecule is Cn1c2c(c(=O)n(Cc3ccc(F)c(F)c3)c1=O)CC(C(=O)O)CC2. The Kier molecular flexibility index (Phi) is 4.28. The van der Waals surface area contributed by atoms with Crippen molar-refractivity contribution in [2.75, 3.05) is 0 Å². The first kappa shape index (κ1) is 17.1. The van der Waals surface area contributed by atoms with Crippen LogP contribution in [0, 0.1) is 17.6 Å². The lowest BCUT2D eigenvalue weighted by molar-refractivity contribution is -0.142. The van der Waals surface area contributed by atoms with E-state index in [9.17, 15) is 28.3 Å². The molecule has 0 radical (unpaired) electrons. The van der Waals surface area contributed by atoms with Crippen molar-refractivity contribution in [3.05, 3.63) is 67.5 Å². The summed E-state index contributed by atoms with van der Waals surface area (Å²) in [4.78, 5) is 36.4.